The van der Waals surface area contributed by atoms with Crippen LogP contribution in [-0.4, -0.2) is 47.8 Å². The minimum Gasteiger partial charge on any atom is -0.497 e. The lowest BCUT2D eigenvalue weighted by molar-refractivity contribution is -0.131. The quantitative estimate of drug-likeness (QED) is 0.564. The highest BCUT2D eigenvalue weighted by atomic mass is 16.5. The molecule has 4 N–H and O–H groups in total. The molecule has 8 nitrogen and oxygen atoms in total. The topological polar surface area (TPSA) is 124 Å². The first-order valence-electron chi connectivity index (χ1n) is 9.15. The maximum Gasteiger partial charge on any atom is 0.249 e. The number of nitrogens with zero attached hydrogens (tertiary/aromatic N) is 1. The van der Waals surface area contributed by atoms with Crippen molar-refractivity contribution in [1.82, 2.24) is 10.3 Å². The second-order valence-corrected chi connectivity index (χ2v) is 6.88. The second-order valence-electron chi connectivity index (χ2n) is 6.88. The first-order chi connectivity index (χ1) is 13.3. The normalized spacial score (nSPS) is 13.2. The fourth-order valence-corrected chi connectivity index (χ4v) is 2.63. The van der Waals surface area contributed by atoms with Crippen molar-refractivity contribution in [2.24, 2.45) is 11.7 Å². The van der Waals surface area contributed by atoms with Gasteiger partial charge in [0.05, 0.1) is 13.7 Å². The van der Waals surface area contributed by atoms with Gasteiger partial charge in [-0.2, -0.15) is 0 Å². The molecule has 1 heterocycles. The molecule has 8 heteroatoms. The van der Waals surface area contributed by atoms with Gasteiger partial charge in [-0.3, -0.25) is 9.59 Å². The van der Waals surface area contributed by atoms with E-state index in [2.05, 4.69) is 10.3 Å². The summed E-state index contributed by atoms with van der Waals surface area (Å²) in [6, 6.07) is 7.34. The Kier molecular flexibility index (Phi) is 7.57. The van der Waals surface area contributed by atoms with Crippen molar-refractivity contribution >= 4 is 22.6 Å². The zero-order chi connectivity index (χ0) is 20.7. The number of hydrogen-bond acceptors (Lipinski definition) is 6. The van der Waals surface area contributed by atoms with E-state index >= 15 is 0 Å². The van der Waals surface area contributed by atoms with Crippen molar-refractivity contribution in [2.75, 3.05) is 13.7 Å². The average Bonchev–Trinajstić information content (AvgIpc) is 2.68. The van der Waals surface area contributed by atoms with Crippen molar-refractivity contribution in [3.05, 3.63) is 30.5 Å². The summed E-state index contributed by atoms with van der Waals surface area (Å²) >= 11 is 0. The summed E-state index contributed by atoms with van der Waals surface area (Å²) in [6.07, 6.45) is 0.382. The largest absolute Gasteiger partial charge is 0.497 e. The van der Waals surface area contributed by atoms with E-state index in [0.717, 1.165) is 10.8 Å². The first kappa shape index (κ1) is 21.4. The van der Waals surface area contributed by atoms with Crippen molar-refractivity contribution in [1.29, 1.82) is 0 Å². The summed E-state index contributed by atoms with van der Waals surface area (Å²) in [7, 11) is 1.59. The SMILES string of the molecule is COc1ccc2c(O[C@H](CCC(N)=O)CNC(=O)[C@@H](O)C(C)C)nccc2c1. The molecule has 1 aromatic heterocycles. The molecule has 0 aliphatic carbocycles. The van der Waals surface area contributed by atoms with Gasteiger partial charge in [0.2, 0.25) is 17.7 Å². The Labute approximate surface area is 164 Å². The molecule has 0 fully saturated rings. The molecule has 2 amide bonds. The lowest BCUT2D eigenvalue weighted by atomic mass is 10.1. The van der Waals surface area contributed by atoms with Crippen molar-refractivity contribution < 1.29 is 24.2 Å². The molecule has 0 bridgehead atoms. The molecule has 0 aliphatic heterocycles. The van der Waals surface area contributed by atoms with Crippen LogP contribution in [0, 0.1) is 5.92 Å². The Morgan fingerprint density at radius 2 is 2.04 bits per heavy atom. The number of carbonyl (C=O) groups is 2. The number of rotatable bonds is 10. The number of pyridine rings is 1. The molecule has 0 unspecified atom stereocenters. The zero-order valence-corrected chi connectivity index (χ0v) is 16.3. The summed E-state index contributed by atoms with van der Waals surface area (Å²) in [5, 5.41) is 14.2. The lowest BCUT2D eigenvalue weighted by Gasteiger charge is -2.21. The molecule has 2 aromatic rings. The number of benzene rings is 1. The van der Waals surface area contributed by atoms with E-state index < -0.39 is 24.0 Å². The van der Waals surface area contributed by atoms with E-state index in [1.54, 1.807) is 33.2 Å². The number of fused-ring (bicyclic) bond motifs is 1. The molecule has 152 valence electrons. The predicted octanol–water partition coefficient (Wildman–Crippen LogP) is 1.39. The number of aliphatic hydroxyl groups excluding tert-OH is 1. The van der Waals surface area contributed by atoms with Crippen molar-refractivity contribution in [3.63, 3.8) is 0 Å². The van der Waals surface area contributed by atoms with Crippen LogP contribution in [-0.2, 0) is 9.59 Å². The van der Waals surface area contributed by atoms with Crippen LogP contribution in [0.5, 0.6) is 11.6 Å². The van der Waals surface area contributed by atoms with E-state index in [4.69, 9.17) is 15.2 Å². The fourth-order valence-electron chi connectivity index (χ4n) is 2.63. The summed E-state index contributed by atoms with van der Waals surface area (Å²) in [4.78, 5) is 27.5. The minimum absolute atomic E-state index is 0.103. The van der Waals surface area contributed by atoms with Crippen LogP contribution >= 0.6 is 0 Å². The third-order valence-corrected chi connectivity index (χ3v) is 4.33. The van der Waals surface area contributed by atoms with Crippen LogP contribution in [0.2, 0.25) is 0 Å². The van der Waals surface area contributed by atoms with Gasteiger partial charge in [-0.15, -0.1) is 0 Å². The zero-order valence-electron chi connectivity index (χ0n) is 16.3. The highest BCUT2D eigenvalue weighted by Gasteiger charge is 2.21. The molecule has 0 saturated heterocycles. The number of nitrogens with one attached hydrogen (secondary N) is 1. The summed E-state index contributed by atoms with van der Waals surface area (Å²) < 4.78 is 11.2. The molecule has 28 heavy (non-hydrogen) atoms. The van der Waals surface area contributed by atoms with Gasteiger partial charge in [0.25, 0.3) is 0 Å². The Morgan fingerprint density at radius 1 is 1.29 bits per heavy atom. The van der Waals surface area contributed by atoms with Crippen LogP contribution in [0.1, 0.15) is 26.7 Å². The van der Waals surface area contributed by atoms with Crippen molar-refractivity contribution in [2.45, 2.75) is 38.9 Å². The minimum atomic E-state index is -1.11. The highest BCUT2D eigenvalue weighted by Crippen LogP contribution is 2.27. The lowest BCUT2D eigenvalue weighted by Crippen LogP contribution is -2.43. The summed E-state index contributed by atoms with van der Waals surface area (Å²) in [5.41, 5.74) is 5.25. The molecular formula is C20H27N3O5. The second kappa shape index (κ2) is 9.89. The number of carbonyl (C=O) groups excluding carboxylic acids is 2. The maximum atomic E-state index is 12.0. The van der Waals surface area contributed by atoms with E-state index in [-0.39, 0.29) is 18.9 Å². The monoisotopic (exact) mass is 389 g/mol. The number of ether oxygens (including phenoxy) is 2. The Balaban J connectivity index is 2.16. The number of aliphatic hydroxyl groups is 1. The van der Waals surface area contributed by atoms with Gasteiger partial charge in [-0.1, -0.05) is 13.8 Å². The molecule has 1 aromatic carbocycles. The third kappa shape index (κ3) is 5.82. The van der Waals surface area contributed by atoms with E-state index in [0.29, 0.717) is 18.1 Å². The van der Waals surface area contributed by atoms with Gasteiger partial charge < -0.3 is 25.6 Å². The van der Waals surface area contributed by atoms with Crippen LogP contribution < -0.4 is 20.5 Å². The average molecular weight is 389 g/mol. The first-order valence-corrected chi connectivity index (χ1v) is 9.15. The highest BCUT2D eigenvalue weighted by molar-refractivity contribution is 5.88. The van der Waals surface area contributed by atoms with E-state index in [1.165, 1.54) is 0 Å². The van der Waals surface area contributed by atoms with E-state index in [1.807, 2.05) is 18.2 Å². The molecule has 0 radical (unpaired) electrons. The van der Waals surface area contributed by atoms with Crippen molar-refractivity contribution in [3.8, 4) is 11.6 Å². The number of methoxy groups -OCH3 is 1. The number of primary amides is 1. The van der Waals surface area contributed by atoms with Crippen LogP contribution in [0.25, 0.3) is 10.8 Å². The maximum absolute atomic E-state index is 12.0. The van der Waals surface area contributed by atoms with E-state index in [9.17, 15) is 14.7 Å². The molecule has 0 saturated carbocycles. The van der Waals surface area contributed by atoms with Gasteiger partial charge in [-0.25, -0.2) is 4.98 Å². The standard InChI is InChI=1S/C20H27N3O5/c1-12(2)18(25)19(26)23-11-15(5-7-17(21)24)28-20-16-6-4-14(27-3)10-13(16)8-9-22-20/h4,6,8-10,12,15,18,25H,5,7,11H2,1-3H3,(H2,21,24)(H,23,26)/t15-,18+/m1/s1. The molecule has 2 atom stereocenters. The molecular weight excluding hydrogens is 362 g/mol. The number of hydrogen-bond donors (Lipinski definition) is 3. The van der Waals surface area contributed by atoms with Gasteiger partial charge in [0.15, 0.2) is 0 Å². The van der Waals surface area contributed by atoms with Gasteiger partial charge in [-0.05, 0) is 42.0 Å². The predicted molar refractivity (Wildman–Crippen MR) is 105 cm³/mol. The number of amides is 2. The number of aromatic nitrogens is 1. The molecule has 2 rings (SSSR count). The van der Waals surface area contributed by atoms with Crippen LogP contribution in [0.4, 0.5) is 0 Å². The van der Waals surface area contributed by atoms with Crippen LogP contribution in [0.15, 0.2) is 30.5 Å². The van der Waals surface area contributed by atoms with Gasteiger partial charge >= 0.3 is 0 Å². The molecule has 0 aliphatic rings. The third-order valence-electron chi connectivity index (χ3n) is 4.33. The number of nitrogens with two attached hydrogens (primary N) is 1. The Bertz CT molecular complexity index is 825. The fraction of sp³-hybridized carbons (Fsp3) is 0.450. The Hall–Kier alpha value is -2.87. The molecule has 0 spiro atoms. The summed E-state index contributed by atoms with van der Waals surface area (Å²) in [6.45, 7) is 3.61. The smallest absolute Gasteiger partial charge is 0.249 e. The van der Waals surface area contributed by atoms with Crippen LogP contribution in [0.3, 0.4) is 0 Å². The van der Waals surface area contributed by atoms with Gasteiger partial charge in [0, 0.05) is 18.0 Å². The Morgan fingerprint density at radius 3 is 2.68 bits per heavy atom. The summed E-state index contributed by atoms with van der Waals surface area (Å²) in [5.74, 6) is -0.0612. The van der Waals surface area contributed by atoms with Gasteiger partial charge in [0.1, 0.15) is 18.0 Å².